The summed E-state index contributed by atoms with van der Waals surface area (Å²) >= 11 is 0. The van der Waals surface area contributed by atoms with Crippen molar-refractivity contribution in [3.8, 4) is 0 Å². The molecule has 30 heavy (non-hydrogen) atoms. The van der Waals surface area contributed by atoms with Gasteiger partial charge in [-0.15, -0.1) is 0 Å². The number of nitrogens with one attached hydrogen (secondary N) is 2. The first kappa shape index (κ1) is 25.5. The van der Waals surface area contributed by atoms with Gasteiger partial charge >= 0.3 is 6.09 Å². The van der Waals surface area contributed by atoms with Gasteiger partial charge in [-0.2, -0.15) is 0 Å². The second kappa shape index (κ2) is 10.5. The molecule has 0 bridgehead atoms. The van der Waals surface area contributed by atoms with Gasteiger partial charge < -0.3 is 20.3 Å². The van der Waals surface area contributed by atoms with Crippen LogP contribution in [0, 0.1) is 13.8 Å². The van der Waals surface area contributed by atoms with Crippen LogP contribution in [0.1, 0.15) is 71.2 Å². The molecule has 3 amide bonds. The maximum atomic E-state index is 13.1. The number of aryl methyl sites for hydroxylation is 2. The molecule has 1 rings (SSSR count). The van der Waals surface area contributed by atoms with E-state index < -0.39 is 17.7 Å². The Morgan fingerprint density at radius 1 is 1.00 bits per heavy atom. The van der Waals surface area contributed by atoms with E-state index in [-0.39, 0.29) is 30.4 Å². The third-order valence-corrected chi connectivity index (χ3v) is 4.14. The van der Waals surface area contributed by atoms with E-state index in [4.69, 9.17) is 4.74 Å². The van der Waals surface area contributed by atoms with Gasteiger partial charge in [-0.25, -0.2) is 4.79 Å². The molecule has 2 N–H and O–H groups in total. The lowest BCUT2D eigenvalue weighted by Gasteiger charge is -2.35. The maximum Gasteiger partial charge on any atom is 0.408 e. The predicted molar refractivity (Wildman–Crippen MR) is 118 cm³/mol. The van der Waals surface area contributed by atoms with Gasteiger partial charge in [0.25, 0.3) is 0 Å². The average molecular weight is 420 g/mol. The van der Waals surface area contributed by atoms with E-state index >= 15 is 0 Å². The molecule has 0 radical (unpaired) electrons. The fourth-order valence-corrected chi connectivity index (χ4v) is 3.25. The summed E-state index contributed by atoms with van der Waals surface area (Å²) in [5, 5.41) is 5.42. The zero-order valence-corrected chi connectivity index (χ0v) is 19.8. The fourth-order valence-electron chi connectivity index (χ4n) is 3.25. The smallest absolute Gasteiger partial charge is 0.408 e. The van der Waals surface area contributed by atoms with Gasteiger partial charge in [-0.3, -0.25) is 9.59 Å². The van der Waals surface area contributed by atoms with Crippen molar-refractivity contribution in [2.75, 3.05) is 6.54 Å². The Morgan fingerprint density at radius 2 is 1.53 bits per heavy atom. The van der Waals surface area contributed by atoms with Gasteiger partial charge in [0.1, 0.15) is 18.2 Å². The normalized spacial score (nSPS) is 12.5. The Bertz CT molecular complexity index is 746. The number of hydrogen-bond donors (Lipinski definition) is 2. The van der Waals surface area contributed by atoms with Crippen molar-refractivity contribution in [3.63, 3.8) is 0 Å². The van der Waals surface area contributed by atoms with Crippen LogP contribution in [-0.2, 0) is 14.3 Å². The van der Waals surface area contributed by atoms with Crippen molar-refractivity contribution in [1.82, 2.24) is 15.5 Å². The van der Waals surface area contributed by atoms with E-state index in [1.807, 2.05) is 59.7 Å². The molecule has 0 saturated heterocycles. The molecule has 7 nitrogen and oxygen atoms in total. The summed E-state index contributed by atoms with van der Waals surface area (Å²) in [4.78, 5) is 39.7. The number of nitrogens with zero attached hydrogens (tertiary/aromatic N) is 1. The molecule has 0 heterocycles. The minimum Gasteiger partial charge on any atom is -0.444 e. The fraction of sp³-hybridized carbons (Fsp3) is 0.609. The number of alkyl carbamates (subject to hydrolysis) is 1. The predicted octanol–water partition coefficient (Wildman–Crippen LogP) is 3.63. The summed E-state index contributed by atoms with van der Waals surface area (Å²) in [6.07, 6.45) is -0.672. The number of amides is 3. The highest BCUT2D eigenvalue weighted by molar-refractivity contribution is 5.90. The van der Waals surface area contributed by atoms with E-state index in [0.29, 0.717) is 0 Å². The Kier molecular flexibility index (Phi) is 8.88. The third-order valence-electron chi connectivity index (χ3n) is 4.14. The zero-order valence-electron chi connectivity index (χ0n) is 19.8. The molecule has 0 fully saturated rings. The van der Waals surface area contributed by atoms with Gasteiger partial charge in [-0.1, -0.05) is 29.3 Å². The molecule has 1 unspecified atom stereocenters. The average Bonchev–Trinajstić information content (AvgIpc) is 2.53. The third kappa shape index (κ3) is 8.05. The Labute approximate surface area is 180 Å². The van der Waals surface area contributed by atoms with Gasteiger partial charge in [0.2, 0.25) is 11.8 Å². The molecule has 0 aromatic heterocycles. The Hall–Kier alpha value is -2.57. The minimum atomic E-state index is -0.807. The summed E-state index contributed by atoms with van der Waals surface area (Å²) < 4.78 is 5.20. The molecule has 7 heteroatoms. The first-order valence-electron chi connectivity index (χ1n) is 10.4. The second-order valence-corrected chi connectivity index (χ2v) is 9.24. The van der Waals surface area contributed by atoms with Crippen LogP contribution < -0.4 is 10.6 Å². The van der Waals surface area contributed by atoms with Crippen LogP contribution in [0.4, 0.5) is 4.79 Å². The summed E-state index contributed by atoms with van der Waals surface area (Å²) in [6, 6.07) is 4.71. The SMILES string of the molecule is Cc1cc(C)cc(C(C(=O)NC(C)C)N(C(=O)CNC(=O)OC(C)(C)C)C(C)C)c1. The van der Waals surface area contributed by atoms with Crippen molar-refractivity contribution in [1.29, 1.82) is 0 Å². The Balaban J connectivity index is 3.22. The zero-order chi connectivity index (χ0) is 23.2. The van der Waals surface area contributed by atoms with Gasteiger partial charge in [0.05, 0.1) is 0 Å². The van der Waals surface area contributed by atoms with Crippen LogP contribution in [0.25, 0.3) is 0 Å². The first-order valence-corrected chi connectivity index (χ1v) is 10.4. The number of ether oxygens (including phenoxy) is 1. The molecule has 1 atom stereocenters. The van der Waals surface area contributed by atoms with E-state index in [2.05, 4.69) is 10.6 Å². The maximum absolute atomic E-state index is 13.1. The molecular formula is C23H37N3O4. The quantitative estimate of drug-likeness (QED) is 0.706. The van der Waals surface area contributed by atoms with E-state index in [1.54, 1.807) is 20.8 Å². The van der Waals surface area contributed by atoms with Crippen LogP contribution >= 0.6 is 0 Å². The molecule has 168 valence electrons. The number of hydrogen-bond acceptors (Lipinski definition) is 4. The molecular weight excluding hydrogens is 382 g/mol. The molecule has 0 aliphatic rings. The molecule has 0 saturated carbocycles. The van der Waals surface area contributed by atoms with Gasteiger partial charge in [0, 0.05) is 12.1 Å². The van der Waals surface area contributed by atoms with Crippen LogP contribution in [0.5, 0.6) is 0 Å². The summed E-state index contributed by atoms with van der Waals surface area (Å²) in [5.41, 5.74) is 2.10. The van der Waals surface area contributed by atoms with Crippen molar-refractivity contribution in [2.24, 2.45) is 0 Å². The van der Waals surface area contributed by atoms with Gasteiger partial charge in [-0.05, 0) is 67.9 Å². The number of rotatable bonds is 7. The lowest BCUT2D eigenvalue weighted by atomic mass is 9.98. The van der Waals surface area contributed by atoms with Crippen molar-refractivity contribution in [2.45, 2.75) is 86.0 Å². The van der Waals surface area contributed by atoms with Crippen molar-refractivity contribution in [3.05, 3.63) is 34.9 Å². The standard InChI is InChI=1S/C23H37N3O4/c1-14(2)25-21(28)20(18-11-16(5)10-17(6)12-18)26(15(3)4)19(27)13-24-22(29)30-23(7,8)9/h10-12,14-15,20H,13H2,1-9H3,(H,24,29)(H,25,28). The van der Waals surface area contributed by atoms with Crippen molar-refractivity contribution < 1.29 is 19.1 Å². The molecule has 1 aromatic carbocycles. The molecule has 0 aliphatic heterocycles. The van der Waals surface area contributed by atoms with E-state index in [0.717, 1.165) is 16.7 Å². The van der Waals surface area contributed by atoms with Crippen LogP contribution in [-0.4, -0.2) is 47.0 Å². The number of carbonyl (C=O) groups excluding carboxylic acids is 3. The lowest BCUT2D eigenvalue weighted by Crippen LogP contribution is -2.51. The largest absolute Gasteiger partial charge is 0.444 e. The van der Waals surface area contributed by atoms with Crippen LogP contribution in [0.15, 0.2) is 18.2 Å². The van der Waals surface area contributed by atoms with Crippen LogP contribution in [0.3, 0.4) is 0 Å². The second-order valence-electron chi connectivity index (χ2n) is 9.24. The topological polar surface area (TPSA) is 87.7 Å². The number of benzene rings is 1. The van der Waals surface area contributed by atoms with E-state index in [9.17, 15) is 14.4 Å². The molecule has 0 aliphatic carbocycles. The first-order chi connectivity index (χ1) is 13.7. The highest BCUT2D eigenvalue weighted by atomic mass is 16.6. The highest BCUT2D eigenvalue weighted by Crippen LogP contribution is 2.26. The summed E-state index contributed by atoms with van der Waals surface area (Å²) in [6.45, 7) is 16.4. The monoisotopic (exact) mass is 419 g/mol. The van der Waals surface area contributed by atoms with Crippen molar-refractivity contribution >= 4 is 17.9 Å². The van der Waals surface area contributed by atoms with Crippen LogP contribution in [0.2, 0.25) is 0 Å². The summed E-state index contributed by atoms with van der Waals surface area (Å²) in [7, 11) is 0. The molecule has 1 aromatic rings. The summed E-state index contributed by atoms with van der Waals surface area (Å²) in [5.74, 6) is -0.617. The van der Waals surface area contributed by atoms with E-state index in [1.165, 1.54) is 4.90 Å². The number of carbonyl (C=O) groups is 3. The van der Waals surface area contributed by atoms with Gasteiger partial charge in [0.15, 0.2) is 0 Å². The Morgan fingerprint density at radius 3 is 1.97 bits per heavy atom. The lowest BCUT2D eigenvalue weighted by molar-refractivity contribution is -0.142. The molecule has 0 spiro atoms. The highest BCUT2D eigenvalue weighted by Gasteiger charge is 2.34. The minimum absolute atomic E-state index is 0.0742.